The predicted octanol–water partition coefficient (Wildman–Crippen LogP) is 2.76. The highest BCUT2D eigenvalue weighted by Crippen LogP contribution is 2.32. The Labute approximate surface area is 101 Å². The van der Waals surface area contributed by atoms with Gasteiger partial charge in [0.25, 0.3) is 0 Å². The average Bonchev–Trinajstić information content (AvgIpc) is 2.76. The summed E-state index contributed by atoms with van der Waals surface area (Å²) < 4.78 is 39.5. The first-order valence-corrected chi connectivity index (χ1v) is 5.13. The Morgan fingerprint density at radius 3 is 2.61 bits per heavy atom. The Morgan fingerprint density at radius 1 is 1.28 bits per heavy atom. The minimum Gasteiger partial charge on any atom is -0.298 e. The number of halogens is 3. The van der Waals surface area contributed by atoms with Crippen LogP contribution in [0.4, 0.5) is 13.2 Å². The molecule has 0 bridgehead atoms. The molecule has 3 nitrogen and oxygen atoms in total. The summed E-state index contributed by atoms with van der Waals surface area (Å²) in [6, 6.07) is 5.30. The number of benzene rings is 1. The van der Waals surface area contributed by atoms with Crippen LogP contribution < -0.4 is 0 Å². The minimum absolute atomic E-state index is 0.0243. The van der Waals surface area contributed by atoms with Gasteiger partial charge >= 0.3 is 6.18 Å². The molecule has 0 aliphatic carbocycles. The normalized spacial score (nSPS) is 11.5. The van der Waals surface area contributed by atoms with Crippen LogP contribution in [0.5, 0.6) is 0 Å². The SMILES string of the molecule is O=Cc1cnn(Cc2ccccc2C(F)(F)F)c1. The lowest BCUT2D eigenvalue weighted by molar-refractivity contribution is -0.138. The van der Waals surface area contributed by atoms with Gasteiger partial charge in [-0.3, -0.25) is 9.48 Å². The number of hydrogen-bond acceptors (Lipinski definition) is 2. The van der Waals surface area contributed by atoms with Crippen molar-refractivity contribution in [2.75, 3.05) is 0 Å². The van der Waals surface area contributed by atoms with Gasteiger partial charge in [0.05, 0.1) is 23.9 Å². The molecule has 0 spiro atoms. The van der Waals surface area contributed by atoms with Crippen molar-refractivity contribution in [3.05, 3.63) is 53.3 Å². The predicted molar refractivity (Wildman–Crippen MR) is 58.2 cm³/mol. The Hall–Kier alpha value is -2.11. The molecular formula is C12H9F3N2O. The van der Waals surface area contributed by atoms with Gasteiger partial charge in [0.2, 0.25) is 0 Å². The van der Waals surface area contributed by atoms with Gasteiger partial charge in [0, 0.05) is 6.20 Å². The average molecular weight is 254 g/mol. The highest BCUT2D eigenvalue weighted by atomic mass is 19.4. The van der Waals surface area contributed by atoms with E-state index in [-0.39, 0.29) is 12.1 Å². The third-order valence-electron chi connectivity index (χ3n) is 2.44. The second kappa shape index (κ2) is 4.64. The zero-order valence-corrected chi connectivity index (χ0v) is 9.19. The van der Waals surface area contributed by atoms with E-state index in [4.69, 9.17) is 0 Å². The molecule has 18 heavy (non-hydrogen) atoms. The zero-order chi connectivity index (χ0) is 13.2. The fourth-order valence-electron chi connectivity index (χ4n) is 1.64. The van der Waals surface area contributed by atoms with E-state index in [1.807, 2.05) is 0 Å². The molecule has 0 atom stereocenters. The van der Waals surface area contributed by atoms with Crippen molar-refractivity contribution in [2.24, 2.45) is 0 Å². The summed E-state index contributed by atoms with van der Waals surface area (Å²) in [5, 5.41) is 3.82. The van der Waals surface area contributed by atoms with Gasteiger partial charge in [0.1, 0.15) is 0 Å². The number of hydrogen-bond donors (Lipinski definition) is 0. The lowest BCUT2D eigenvalue weighted by Crippen LogP contribution is -2.11. The molecule has 0 saturated carbocycles. The molecule has 1 heterocycles. The van der Waals surface area contributed by atoms with Gasteiger partial charge in [-0.1, -0.05) is 18.2 Å². The van der Waals surface area contributed by atoms with Crippen molar-refractivity contribution in [3.8, 4) is 0 Å². The largest absolute Gasteiger partial charge is 0.416 e. The van der Waals surface area contributed by atoms with Gasteiger partial charge in [-0.25, -0.2) is 0 Å². The Kier molecular flexibility index (Phi) is 3.18. The third kappa shape index (κ3) is 2.58. The maximum atomic E-state index is 12.7. The van der Waals surface area contributed by atoms with E-state index in [1.165, 1.54) is 35.3 Å². The fourth-order valence-corrected chi connectivity index (χ4v) is 1.64. The van der Waals surface area contributed by atoms with Crippen molar-refractivity contribution < 1.29 is 18.0 Å². The third-order valence-corrected chi connectivity index (χ3v) is 2.44. The van der Waals surface area contributed by atoms with Crippen LogP contribution in [0.15, 0.2) is 36.7 Å². The molecule has 1 aromatic carbocycles. The van der Waals surface area contributed by atoms with Crippen molar-refractivity contribution in [3.63, 3.8) is 0 Å². The van der Waals surface area contributed by atoms with Crippen molar-refractivity contribution >= 4 is 6.29 Å². The smallest absolute Gasteiger partial charge is 0.298 e. The Morgan fingerprint density at radius 2 is 2.00 bits per heavy atom. The van der Waals surface area contributed by atoms with Crippen molar-refractivity contribution in [1.82, 2.24) is 9.78 Å². The molecule has 0 aliphatic heterocycles. The lowest BCUT2D eigenvalue weighted by Gasteiger charge is -2.12. The second-order valence-electron chi connectivity index (χ2n) is 3.74. The van der Waals surface area contributed by atoms with E-state index >= 15 is 0 Å². The summed E-state index contributed by atoms with van der Waals surface area (Å²) >= 11 is 0. The first-order valence-electron chi connectivity index (χ1n) is 5.13. The van der Waals surface area contributed by atoms with Crippen LogP contribution in [0.25, 0.3) is 0 Å². The molecule has 0 unspecified atom stereocenters. The number of aldehydes is 1. The first kappa shape index (κ1) is 12.3. The second-order valence-corrected chi connectivity index (χ2v) is 3.74. The van der Waals surface area contributed by atoms with E-state index in [2.05, 4.69) is 5.10 Å². The molecule has 0 fully saturated rings. The van der Waals surface area contributed by atoms with Crippen LogP contribution >= 0.6 is 0 Å². The molecule has 0 saturated heterocycles. The first-order chi connectivity index (χ1) is 8.50. The monoisotopic (exact) mass is 254 g/mol. The number of alkyl halides is 3. The van der Waals surface area contributed by atoms with Crippen LogP contribution in [0, 0.1) is 0 Å². The van der Waals surface area contributed by atoms with E-state index in [0.717, 1.165) is 6.07 Å². The van der Waals surface area contributed by atoms with Crippen molar-refractivity contribution in [2.45, 2.75) is 12.7 Å². The molecule has 0 N–H and O–H groups in total. The molecule has 0 amide bonds. The number of carbonyl (C=O) groups is 1. The molecule has 0 aliphatic rings. The summed E-state index contributed by atoms with van der Waals surface area (Å²) in [5.74, 6) is 0. The molecule has 6 heteroatoms. The molecule has 2 aromatic rings. The van der Waals surface area contributed by atoms with Gasteiger partial charge in [0.15, 0.2) is 6.29 Å². The van der Waals surface area contributed by atoms with Gasteiger partial charge in [-0.15, -0.1) is 0 Å². The molecule has 1 aromatic heterocycles. The summed E-state index contributed by atoms with van der Waals surface area (Å²) in [6.45, 7) is -0.0243. The fraction of sp³-hybridized carbons (Fsp3) is 0.167. The molecule has 94 valence electrons. The topological polar surface area (TPSA) is 34.9 Å². The van der Waals surface area contributed by atoms with E-state index in [1.54, 1.807) is 0 Å². The number of nitrogens with zero attached hydrogens (tertiary/aromatic N) is 2. The quantitative estimate of drug-likeness (QED) is 0.789. The van der Waals surface area contributed by atoms with E-state index in [0.29, 0.717) is 11.8 Å². The summed E-state index contributed by atoms with van der Waals surface area (Å²) in [4.78, 5) is 10.5. The summed E-state index contributed by atoms with van der Waals surface area (Å²) in [6.07, 6.45) is -1.08. The highest BCUT2D eigenvalue weighted by Gasteiger charge is 2.32. The van der Waals surface area contributed by atoms with E-state index in [9.17, 15) is 18.0 Å². The Balaban J connectivity index is 2.31. The minimum atomic E-state index is -4.39. The summed E-state index contributed by atoms with van der Waals surface area (Å²) in [7, 11) is 0. The zero-order valence-electron chi connectivity index (χ0n) is 9.19. The Bertz CT molecular complexity index is 560. The van der Waals surface area contributed by atoms with Crippen LogP contribution in [0.3, 0.4) is 0 Å². The molecule has 2 rings (SSSR count). The highest BCUT2D eigenvalue weighted by molar-refractivity contribution is 5.73. The van der Waals surface area contributed by atoms with Gasteiger partial charge in [-0.2, -0.15) is 18.3 Å². The number of rotatable bonds is 3. The molecular weight excluding hydrogens is 245 g/mol. The van der Waals surface area contributed by atoms with Gasteiger partial charge < -0.3 is 0 Å². The van der Waals surface area contributed by atoms with Crippen LogP contribution in [0.1, 0.15) is 21.5 Å². The number of aromatic nitrogens is 2. The maximum absolute atomic E-state index is 12.7. The summed E-state index contributed by atoms with van der Waals surface area (Å²) in [5.41, 5.74) is -0.238. The van der Waals surface area contributed by atoms with Gasteiger partial charge in [-0.05, 0) is 11.6 Å². The standard InChI is InChI=1S/C12H9F3N2O/c13-12(14,15)11-4-2-1-3-10(11)7-17-6-9(8-18)5-16-17/h1-6,8H,7H2. The van der Waals surface area contributed by atoms with Crippen LogP contribution in [-0.2, 0) is 12.7 Å². The van der Waals surface area contributed by atoms with Crippen molar-refractivity contribution in [1.29, 1.82) is 0 Å². The number of carbonyl (C=O) groups excluding carboxylic acids is 1. The van der Waals surface area contributed by atoms with Crippen LogP contribution in [-0.4, -0.2) is 16.1 Å². The van der Waals surface area contributed by atoms with E-state index < -0.39 is 11.7 Å². The van der Waals surface area contributed by atoms with Crippen LogP contribution in [0.2, 0.25) is 0 Å². The maximum Gasteiger partial charge on any atom is 0.416 e. The molecule has 0 radical (unpaired) electrons. The lowest BCUT2D eigenvalue weighted by atomic mass is 10.1.